The lowest BCUT2D eigenvalue weighted by molar-refractivity contribution is 0.0694. The molecule has 19 heavy (non-hydrogen) atoms. The predicted octanol–water partition coefficient (Wildman–Crippen LogP) is 2.59. The van der Waals surface area contributed by atoms with Crippen molar-refractivity contribution in [1.82, 2.24) is 5.16 Å². The van der Waals surface area contributed by atoms with Gasteiger partial charge in [0.2, 0.25) is 0 Å². The van der Waals surface area contributed by atoms with Crippen molar-refractivity contribution in [2.24, 2.45) is 0 Å². The van der Waals surface area contributed by atoms with Crippen LogP contribution in [0.2, 0.25) is 0 Å². The van der Waals surface area contributed by atoms with Gasteiger partial charge in [-0.3, -0.25) is 0 Å². The average Bonchev–Trinajstić information content (AvgIpc) is 2.73. The SMILES string of the molecule is COc1cc(Cc2noc(C)c2C(=O)O)ccc1C. The van der Waals surface area contributed by atoms with Gasteiger partial charge >= 0.3 is 5.97 Å². The molecule has 0 saturated heterocycles. The highest BCUT2D eigenvalue weighted by Crippen LogP contribution is 2.22. The van der Waals surface area contributed by atoms with Gasteiger partial charge in [0, 0.05) is 6.42 Å². The van der Waals surface area contributed by atoms with Crippen LogP contribution in [0, 0.1) is 13.8 Å². The fourth-order valence-corrected chi connectivity index (χ4v) is 1.98. The van der Waals surface area contributed by atoms with Gasteiger partial charge in [0.1, 0.15) is 22.8 Å². The molecule has 0 bridgehead atoms. The highest BCUT2D eigenvalue weighted by atomic mass is 16.5. The summed E-state index contributed by atoms with van der Waals surface area (Å²) in [6.07, 6.45) is 0.398. The van der Waals surface area contributed by atoms with E-state index in [1.165, 1.54) is 0 Å². The van der Waals surface area contributed by atoms with Crippen molar-refractivity contribution >= 4 is 5.97 Å². The number of hydrogen-bond acceptors (Lipinski definition) is 4. The monoisotopic (exact) mass is 261 g/mol. The summed E-state index contributed by atoms with van der Waals surface area (Å²) in [5, 5.41) is 12.9. The quantitative estimate of drug-likeness (QED) is 0.915. The fraction of sp³-hybridized carbons (Fsp3) is 0.286. The number of carboxylic acids is 1. The summed E-state index contributed by atoms with van der Waals surface area (Å²) in [4.78, 5) is 11.1. The van der Waals surface area contributed by atoms with Crippen molar-refractivity contribution in [2.45, 2.75) is 20.3 Å². The summed E-state index contributed by atoms with van der Waals surface area (Å²) >= 11 is 0. The number of ether oxygens (including phenoxy) is 1. The Labute approximate surface area is 110 Å². The van der Waals surface area contributed by atoms with Crippen molar-refractivity contribution in [3.63, 3.8) is 0 Å². The first-order valence-electron chi connectivity index (χ1n) is 5.85. The smallest absolute Gasteiger partial charge is 0.341 e. The third-order valence-corrected chi connectivity index (χ3v) is 2.99. The van der Waals surface area contributed by atoms with Crippen LogP contribution in [0.25, 0.3) is 0 Å². The van der Waals surface area contributed by atoms with Crippen molar-refractivity contribution in [3.05, 3.63) is 46.3 Å². The van der Waals surface area contributed by atoms with Crippen LogP contribution in [0.3, 0.4) is 0 Å². The second-order valence-electron chi connectivity index (χ2n) is 4.35. The zero-order chi connectivity index (χ0) is 14.0. The molecule has 1 aromatic heterocycles. The molecule has 1 aromatic carbocycles. The Hall–Kier alpha value is -2.30. The third-order valence-electron chi connectivity index (χ3n) is 2.99. The van der Waals surface area contributed by atoms with E-state index in [-0.39, 0.29) is 5.56 Å². The molecular formula is C14H15NO4. The lowest BCUT2D eigenvalue weighted by Crippen LogP contribution is -2.03. The van der Waals surface area contributed by atoms with Crippen LogP contribution in [0.15, 0.2) is 22.7 Å². The minimum absolute atomic E-state index is 0.138. The molecule has 1 N–H and O–H groups in total. The molecule has 0 saturated carbocycles. The minimum Gasteiger partial charge on any atom is -0.496 e. The second-order valence-corrected chi connectivity index (χ2v) is 4.35. The molecule has 2 aromatic rings. The molecule has 0 radical (unpaired) electrons. The molecule has 0 aliphatic carbocycles. The van der Waals surface area contributed by atoms with Crippen LogP contribution in [0.5, 0.6) is 5.75 Å². The molecule has 0 atom stereocenters. The first-order chi connectivity index (χ1) is 9.02. The number of rotatable bonds is 4. The Balaban J connectivity index is 2.34. The van der Waals surface area contributed by atoms with E-state index in [9.17, 15) is 4.79 Å². The molecule has 0 unspecified atom stereocenters. The molecule has 0 aliphatic rings. The van der Waals surface area contributed by atoms with Gasteiger partial charge in [-0.25, -0.2) is 4.79 Å². The zero-order valence-corrected chi connectivity index (χ0v) is 11.1. The van der Waals surface area contributed by atoms with E-state index in [4.69, 9.17) is 14.4 Å². The minimum atomic E-state index is -1.02. The Kier molecular flexibility index (Phi) is 3.55. The lowest BCUT2D eigenvalue weighted by Gasteiger charge is -2.06. The van der Waals surface area contributed by atoms with E-state index in [1.54, 1.807) is 14.0 Å². The van der Waals surface area contributed by atoms with Gasteiger partial charge < -0.3 is 14.4 Å². The van der Waals surface area contributed by atoms with Gasteiger partial charge in [-0.05, 0) is 31.0 Å². The molecule has 2 rings (SSSR count). The first kappa shape index (κ1) is 13.1. The number of hydrogen-bond donors (Lipinski definition) is 1. The van der Waals surface area contributed by atoms with Gasteiger partial charge in [0.15, 0.2) is 0 Å². The van der Waals surface area contributed by atoms with E-state index < -0.39 is 5.97 Å². The molecule has 5 heteroatoms. The topological polar surface area (TPSA) is 72.6 Å². The van der Waals surface area contributed by atoms with Gasteiger partial charge in [0.05, 0.1) is 7.11 Å². The van der Waals surface area contributed by atoms with Crippen LogP contribution in [0.4, 0.5) is 0 Å². The van der Waals surface area contributed by atoms with Crippen molar-refractivity contribution in [2.75, 3.05) is 7.11 Å². The molecule has 0 spiro atoms. The second kappa shape index (κ2) is 5.14. The standard InChI is InChI=1S/C14H15NO4/c1-8-4-5-10(7-12(8)18-3)6-11-13(14(16)17)9(2)19-15-11/h4-5,7H,6H2,1-3H3,(H,16,17). The molecular weight excluding hydrogens is 246 g/mol. The number of aryl methyl sites for hydroxylation is 2. The van der Waals surface area contributed by atoms with E-state index >= 15 is 0 Å². The summed E-state index contributed by atoms with van der Waals surface area (Å²) in [7, 11) is 1.61. The Morgan fingerprint density at radius 1 is 1.42 bits per heavy atom. The Morgan fingerprint density at radius 2 is 2.16 bits per heavy atom. The van der Waals surface area contributed by atoms with Crippen LogP contribution in [-0.4, -0.2) is 23.3 Å². The predicted molar refractivity (Wildman–Crippen MR) is 68.7 cm³/mol. The summed E-state index contributed by atoms with van der Waals surface area (Å²) in [5.41, 5.74) is 2.52. The summed E-state index contributed by atoms with van der Waals surface area (Å²) < 4.78 is 10.2. The highest BCUT2D eigenvalue weighted by molar-refractivity contribution is 5.89. The number of aromatic nitrogens is 1. The van der Waals surface area contributed by atoms with Crippen molar-refractivity contribution in [1.29, 1.82) is 0 Å². The first-order valence-corrected chi connectivity index (χ1v) is 5.85. The summed E-state index contributed by atoms with van der Waals surface area (Å²) in [5.74, 6) is 0.0731. The van der Waals surface area contributed by atoms with Crippen molar-refractivity contribution in [3.8, 4) is 5.75 Å². The molecule has 0 fully saturated rings. The van der Waals surface area contributed by atoms with Crippen LogP contribution in [0.1, 0.15) is 32.9 Å². The molecule has 100 valence electrons. The number of benzene rings is 1. The van der Waals surface area contributed by atoms with E-state index in [1.807, 2.05) is 25.1 Å². The molecule has 5 nitrogen and oxygen atoms in total. The zero-order valence-electron chi connectivity index (χ0n) is 11.1. The lowest BCUT2D eigenvalue weighted by atomic mass is 10.0. The number of carbonyl (C=O) groups is 1. The highest BCUT2D eigenvalue weighted by Gasteiger charge is 2.19. The van der Waals surface area contributed by atoms with Gasteiger partial charge in [-0.15, -0.1) is 0 Å². The molecule has 0 amide bonds. The van der Waals surface area contributed by atoms with E-state index in [0.29, 0.717) is 17.9 Å². The summed E-state index contributed by atoms with van der Waals surface area (Å²) in [6.45, 7) is 3.54. The third kappa shape index (κ3) is 2.59. The van der Waals surface area contributed by atoms with Crippen LogP contribution >= 0.6 is 0 Å². The Bertz CT molecular complexity index is 616. The maximum absolute atomic E-state index is 11.1. The number of carboxylic acid groups (broad SMARTS) is 1. The van der Waals surface area contributed by atoms with Crippen LogP contribution < -0.4 is 4.74 Å². The largest absolute Gasteiger partial charge is 0.496 e. The number of aromatic carboxylic acids is 1. The van der Waals surface area contributed by atoms with Gasteiger partial charge in [-0.2, -0.15) is 0 Å². The van der Waals surface area contributed by atoms with Gasteiger partial charge in [-0.1, -0.05) is 17.3 Å². The fourth-order valence-electron chi connectivity index (χ4n) is 1.98. The maximum Gasteiger partial charge on any atom is 0.341 e. The Morgan fingerprint density at radius 3 is 2.79 bits per heavy atom. The van der Waals surface area contributed by atoms with Crippen LogP contribution in [-0.2, 0) is 6.42 Å². The summed E-state index contributed by atoms with van der Waals surface area (Å²) in [6, 6.07) is 5.74. The number of nitrogens with zero attached hydrogens (tertiary/aromatic N) is 1. The van der Waals surface area contributed by atoms with Gasteiger partial charge in [0.25, 0.3) is 0 Å². The van der Waals surface area contributed by atoms with E-state index in [2.05, 4.69) is 5.16 Å². The molecule has 0 aliphatic heterocycles. The van der Waals surface area contributed by atoms with Crippen molar-refractivity contribution < 1.29 is 19.2 Å². The van der Waals surface area contributed by atoms with E-state index in [0.717, 1.165) is 16.9 Å². The normalized spacial score (nSPS) is 10.5. The molecule has 1 heterocycles. The number of methoxy groups -OCH3 is 1. The maximum atomic E-state index is 11.1. The average molecular weight is 261 g/mol.